The van der Waals surface area contributed by atoms with Gasteiger partial charge in [0.15, 0.2) is 0 Å². The number of nitrogens with zero attached hydrogens (tertiary/aromatic N) is 3. The summed E-state index contributed by atoms with van der Waals surface area (Å²) in [5.74, 6) is 2.29. The summed E-state index contributed by atoms with van der Waals surface area (Å²) in [5, 5.41) is 0.711. The lowest BCUT2D eigenvalue weighted by atomic mass is 9.97. The summed E-state index contributed by atoms with van der Waals surface area (Å²) in [6.07, 6.45) is 5.96. The van der Waals surface area contributed by atoms with E-state index in [1.165, 1.54) is 0 Å². The minimum atomic E-state index is 0.370. The van der Waals surface area contributed by atoms with Gasteiger partial charge < -0.3 is 9.88 Å². The fraction of sp³-hybridized carbons (Fsp3) is 0.263. The molecular formula is C19H19ClN4. The van der Waals surface area contributed by atoms with Crippen molar-refractivity contribution < 1.29 is 0 Å². The van der Waals surface area contributed by atoms with Crippen molar-refractivity contribution >= 4 is 17.4 Å². The van der Waals surface area contributed by atoms with E-state index >= 15 is 0 Å². The Labute approximate surface area is 146 Å². The molecule has 4 rings (SSSR count). The molecule has 0 bridgehead atoms. The van der Waals surface area contributed by atoms with Crippen molar-refractivity contribution in [3.05, 3.63) is 65.7 Å². The van der Waals surface area contributed by atoms with Crippen molar-refractivity contribution in [1.29, 1.82) is 0 Å². The van der Waals surface area contributed by atoms with Gasteiger partial charge in [-0.05, 0) is 30.5 Å². The van der Waals surface area contributed by atoms with Gasteiger partial charge in [0.25, 0.3) is 0 Å². The fourth-order valence-corrected chi connectivity index (χ4v) is 3.55. The molecule has 0 spiro atoms. The van der Waals surface area contributed by atoms with E-state index in [1.54, 1.807) is 6.20 Å². The van der Waals surface area contributed by atoms with Crippen LogP contribution in [0, 0.1) is 0 Å². The number of hydrogen-bond donors (Lipinski definition) is 1. The van der Waals surface area contributed by atoms with E-state index in [0.29, 0.717) is 10.9 Å². The Bertz CT molecular complexity index is 815. The molecule has 5 heteroatoms. The van der Waals surface area contributed by atoms with E-state index in [1.807, 2.05) is 36.5 Å². The van der Waals surface area contributed by atoms with Crippen LogP contribution in [-0.2, 0) is 0 Å². The van der Waals surface area contributed by atoms with Gasteiger partial charge in [-0.15, -0.1) is 0 Å². The predicted octanol–water partition coefficient (Wildman–Crippen LogP) is 4.51. The summed E-state index contributed by atoms with van der Waals surface area (Å²) >= 11 is 6.31. The zero-order chi connectivity index (χ0) is 16.4. The molecule has 1 aliphatic heterocycles. The maximum Gasteiger partial charge on any atom is 0.147 e. The van der Waals surface area contributed by atoms with E-state index < -0.39 is 0 Å². The maximum absolute atomic E-state index is 6.31. The Morgan fingerprint density at radius 2 is 1.96 bits per heavy atom. The highest BCUT2D eigenvalue weighted by molar-refractivity contribution is 6.32. The number of nitrogens with one attached hydrogen (secondary N) is 1. The number of hydrogen-bond acceptors (Lipinski definition) is 3. The molecule has 3 aromatic rings. The third kappa shape index (κ3) is 3.02. The predicted molar refractivity (Wildman–Crippen MR) is 97.5 cm³/mol. The molecule has 4 nitrogen and oxygen atoms in total. The quantitative estimate of drug-likeness (QED) is 0.764. The summed E-state index contributed by atoms with van der Waals surface area (Å²) in [5.41, 5.74) is 2.23. The summed E-state index contributed by atoms with van der Waals surface area (Å²) < 4.78 is 0. The Morgan fingerprint density at radius 1 is 1.08 bits per heavy atom. The molecule has 1 N–H and O–H groups in total. The zero-order valence-electron chi connectivity index (χ0n) is 13.3. The second-order valence-corrected chi connectivity index (χ2v) is 6.55. The third-order valence-corrected chi connectivity index (χ3v) is 4.82. The monoisotopic (exact) mass is 338 g/mol. The van der Waals surface area contributed by atoms with Crippen molar-refractivity contribution in [2.24, 2.45) is 0 Å². The van der Waals surface area contributed by atoms with Crippen LogP contribution in [0.2, 0.25) is 5.02 Å². The van der Waals surface area contributed by atoms with E-state index in [0.717, 1.165) is 48.8 Å². The van der Waals surface area contributed by atoms with Crippen LogP contribution < -0.4 is 4.90 Å². The molecule has 1 aliphatic rings. The highest BCUT2D eigenvalue weighted by Gasteiger charge is 2.25. The topological polar surface area (TPSA) is 44.8 Å². The Balaban J connectivity index is 1.55. The SMILES string of the molecule is Clc1cccnc1N1CCCC(c2ncc(-c3ccccc3)[nH]2)C1. The fourth-order valence-electron chi connectivity index (χ4n) is 3.31. The second kappa shape index (κ2) is 6.65. The normalized spacial score (nSPS) is 17.9. The molecule has 2 aromatic heterocycles. The standard InChI is InChI=1S/C19H19ClN4/c20-16-9-4-10-21-19(16)24-11-5-8-15(13-24)18-22-12-17(23-18)14-6-2-1-3-7-14/h1-4,6-7,9-10,12,15H,5,8,11,13H2,(H,22,23). The molecule has 1 aromatic carbocycles. The van der Waals surface area contributed by atoms with Crippen LogP contribution in [0.25, 0.3) is 11.3 Å². The van der Waals surface area contributed by atoms with Gasteiger partial charge in [0, 0.05) is 25.2 Å². The molecule has 3 heterocycles. The van der Waals surface area contributed by atoms with E-state index in [2.05, 4.69) is 32.0 Å². The molecule has 0 aliphatic carbocycles. The first-order valence-corrected chi connectivity index (χ1v) is 8.65. The van der Waals surface area contributed by atoms with Gasteiger partial charge in [0.05, 0.1) is 16.9 Å². The summed E-state index contributed by atoms with van der Waals surface area (Å²) in [6, 6.07) is 14.1. The van der Waals surface area contributed by atoms with Gasteiger partial charge in [-0.2, -0.15) is 0 Å². The number of aromatic amines is 1. The molecule has 1 atom stereocenters. The van der Waals surface area contributed by atoms with Gasteiger partial charge in [0.1, 0.15) is 11.6 Å². The van der Waals surface area contributed by atoms with Crippen LogP contribution in [0.1, 0.15) is 24.6 Å². The van der Waals surface area contributed by atoms with Crippen LogP contribution >= 0.6 is 11.6 Å². The van der Waals surface area contributed by atoms with E-state index in [4.69, 9.17) is 11.6 Å². The highest BCUT2D eigenvalue weighted by Crippen LogP contribution is 2.31. The van der Waals surface area contributed by atoms with Crippen LogP contribution in [-0.4, -0.2) is 28.0 Å². The summed E-state index contributed by atoms with van der Waals surface area (Å²) in [6.45, 7) is 1.87. The third-order valence-electron chi connectivity index (χ3n) is 4.53. The van der Waals surface area contributed by atoms with Gasteiger partial charge >= 0.3 is 0 Å². The molecular weight excluding hydrogens is 320 g/mol. The molecule has 1 fully saturated rings. The van der Waals surface area contributed by atoms with Crippen molar-refractivity contribution in [1.82, 2.24) is 15.0 Å². The van der Waals surface area contributed by atoms with Gasteiger partial charge in [0.2, 0.25) is 0 Å². The Kier molecular flexibility index (Phi) is 4.22. The lowest BCUT2D eigenvalue weighted by Gasteiger charge is -2.33. The van der Waals surface area contributed by atoms with Crippen LogP contribution in [0.15, 0.2) is 54.9 Å². The zero-order valence-corrected chi connectivity index (χ0v) is 14.1. The van der Waals surface area contributed by atoms with Gasteiger partial charge in [-0.25, -0.2) is 9.97 Å². The molecule has 122 valence electrons. The number of benzene rings is 1. The van der Waals surface area contributed by atoms with Crippen LogP contribution in [0.3, 0.4) is 0 Å². The number of rotatable bonds is 3. The first-order valence-electron chi connectivity index (χ1n) is 8.27. The maximum atomic E-state index is 6.31. The van der Waals surface area contributed by atoms with Crippen molar-refractivity contribution in [3.8, 4) is 11.3 Å². The molecule has 1 saturated heterocycles. The number of pyridine rings is 1. The number of halogens is 1. The lowest BCUT2D eigenvalue weighted by Crippen LogP contribution is -2.35. The van der Waals surface area contributed by atoms with Crippen molar-refractivity contribution in [3.63, 3.8) is 0 Å². The molecule has 0 radical (unpaired) electrons. The summed E-state index contributed by atoms with van der Waals surface area (Å²) in [7, 11) is 0. The molecule has 0 saturated carbocycles. The lowest BCUT2D eigenvalue weighted by molar-refractivity contribution is 0.492. The summed E-state index contributed by atoms with van der Waals surface area (Å²) in [4.78, 5) is 14.8. The smallest absolute Gasteiger partial charge is 0.147 e. The molecule has 0 amide bonds. The number of aromatic nitrogens is 3. The van der Waals surface area contributed by atoms with Crippen molar-refractivity contribution in [2.75, 3.05) is 18.0 Å². The second-order valence-electron chi connectivity index (χ2n) is 6.14. The first-order chi connectivity index (χ1) is 11.8. The van der Waals surface area contributed by atoms with Gasteiger partial charge in [-0.3, -0.25) is 0 Å². The largest absolute Gasteiger partial charge is 0.355 e. The Morgan fingerprint density at radius 3 is 2.79 bits per heavy atom. The molecule has 24 heavy (non-hydrogen) atoms. The minimum absolute atomic E-state index is 0.370. The number of piperidine rings is 1. The number of imidazole rings is 1. The molecule has 1 unspecified atom stereocenters. The van der Waals surface area contributed by atoms with Gasteiger partial charge in [-0.1, -0.05) is 41.9 Å². The average Bonchev–Trinajstić information content (AvgIpc) is 3.13. The van der Waals surface area contributed by atoms with Crippen LogP contribution in [0.4, 0.5) is 5.82 Å². The Hall–Kier alpha value is -2.33. The van der Waals surface area contributed by atoms with Crippen LogP contribution in [0.5, 0.6) is 0 Å². The van der Waals surface area contributed by atoms with E-state index in [9.17, 15) is 0 Å². The number of anilines is 1. The number of H-pyrrole nitrogens is 1. The highest BCUT2D eigenvalue weighted by atomic mass is 35.5. The first kappa shape index (κ1) is 15.2. The minimum Gasteiger partial charge on any atom is -0.355 e. The van der Waals surface area contributed by atoms with Crippen molar-refractivity contribution in [2.45, 2.75) is 18.8 Å². The van der Waals surface area contributed by atoms with E-state index in [-0.39, 0.29) is 0 Å². The average molecular weight is 339 g/mol.